The first kappa shape index (κ1) is 9.46. The number of hydrogen-bond donors (Lipinski definition) is 2. The average molecular weight is 201 g/mol. The highest BCUT2D eigenvalue weighted by atomic mass is 32.1. The minimum atomic E-state index is -0.0827. The van der Waals surface area contributed by atoms with Crippen molar-refractivity contribution in [2.45, 2.75) is 0 Å². The molecule has 0 radical (unpaired) electrons. The van der Waals surface area contributed by atoms with Gasteiger partial charge in [0, 0.05) is 5.38 Å². The van der Waals surface area contributed by atoms with Gasteiger partial charge in [0.1, 0.15) is 12.8 Å². The molecule has 0 unspecified atom stereocenters. The Balaban J connectivity index is 3.20. The van der Waals surface area contributed by atoms with Crippen LogP contribution in [0.25, 0.3) is 0 Å². The van der Waals surface area contributed by atoms with Crippen LogP contribution in [0.5, 0.6) is 0 Å². The van der Waals surface area contributed by atoms with E-state index in [1.807, 2.05) is 0 Å². The third-order valence-corrected chi connectivity index (χ3v) is 2.00. The summed E-state index contributed by atoms with van der Waals surface area (Å²) < 4.78 is 0.566. The molecule has 0 aliphatic heterocycles. The van der Waals surface area contributed by atoms with E-state index < -0.39 is 0 Å². The normalized spacial score (nSPS) is 11.3. The lowest BCUT2D eigenvalue weighted by molar-refractivity contribution is -0.102. The summed E-state index contributed by atoms with van der Waals surface area (Å²) in [6, 6.07) is 0. The highest BCUT2D eigenvalue weighted by Crippen LogP contribution is 2.00. The standard InChI is InChI=1S/C6H7N3O3S/c1-12-8-4(2-10)5-3-13-6(7)9(5)11/h2-3,7,11H,1H3. The van der Waals surface area contributed by atoms with Gasteiger partial charge in [0.25, 0.3) is 0 Å². The SMILES string of the molecule is CON=C(C=O)c1csc(=N)n1O. The summed E-state index contributed by atoms with van der Waals surface area (Å²) in [5.74, 6) is 0. The molecule has 2 N–H and O–H groups in total. The van der Waals surface area contributed by atoms with E-state index in [0.29, 0.717) is 11.0 Å². The first-order valence-corrected chi connectivity index (χ1v) is 4.09. The topological polar surface area (TPSA) is 87.7 Å². The van der Waals surface area contributed by atoms with E-state index in [0.717, 1.165) is 11.3 Å². The maximum absolute atomic E-state index is 10.5. The van der Waals surface area contributed by atoms with E-state index in [1.54, 1.807) is 0 Å². The Morgan fingerprint density at radius 2 is 2.62 bits per heavy atom. The highest BCUT2D eigenvalue weighted by molar-refractivity contribution is 7.07. The van der Waals surface area contributed by atoms with Crippen LogP contribution in [0.1, 0.15) is 5.69 Å². The van der Waals surface area contributed by atoms with Gasteiger partial charge in [-0.25, -0.2) is 0 Å². The molecule has 1 heterocycles. The van der Waals surface area contributed by atoms with E-state index in [9.17, 15) is 10.0 Å². The molecule has 7 heteroatoms. The van der Waals surface area contributed by atoms with Crippen LogP contribution in [0.4, 0.5) is 0 Å². The van der Waals surface area contributed by atoms with Crippen molar-refractivity contribution < 1.29 is 14.8 Å². The van der Waals surface area contributed by atoms with Crippen LogP contribution in [0, 0.1) is 5.41 Å². The molecule has 0 aliphatic carbocycles. The van der Waals surface area contributed by atoms with Crippen LogP contribution in [0.2, 0.25) is 0 Å². The van der Waals surface area contributed by atoms with Crippen molar-refractivity contribution in [3.8, 4) is 0 Å². The van der Waals surface area contributed by atoms with Gasteiger partial charge < -0.3 is 10.0 Å². The van der Waals surface area contributed by atoms with Crippen molar-refractivity contribution in [1.82, 2.24) is 4.73 Å². The van der Waals surface area contributed by atoms with Gasteiger partial charge in [-0.15, -0.1) is 11.3 Å². The fourth-order valence-corrected chi connectivity index (χ4v) is 1.36. The van der Waals surface area contributed by atoms with Crippen LogP contribution >= 0.6 is 11.3 Å². The Morgan fingerprint density at radius 1 is 1.92 bits per heavy atom. The number of rotatable bonds is 3. The molecule has 70 valence electrons. The van der Waals surface area contributed by atoms with Gasteiger partial charge in [0.2, 0.25) is 4.80 Å². The number of hydrogen-bond acceptors (Lipinski definition) is 6. The van der Waals surface area contributed by atoms with Gasteiger partial charge in [-0.3, -0.25) is 10.2 Å². The van der Waals surface area contributed by atoms with Gasteiger partial charge in [-0.1, -0.05) is 5.16 Å². The summed E-state index contributed by atoms with van der Waals surface area (Å²) in [7, 11) is 1.29. The monoisotopic (exact) mass is 201 g/mol. The van der Waals surface area contributed by atoms with Gasteiger partial charge in [0.05, 0.1) is 0 Å². The molecule has 0 saturated carbocycles. The van der Waals surface area contributed by atoms with E-state index in [4.69, 9.17) is 5.41 Å². The van der Waals surface area contributed by atoms with E-state index in [1.165, 1.54) is 12.5 Å². The molecule has 0 spiro atoms. The lowest BCUT2D eigenvalue weighted by Crippen LogP contribution is -2.17. The van der Waals surface area contributed by atoms with Crippen LogP contribution in [-0.4, -0.2) is 29.0 Å². The molecule has 0 aromatic carbocycles. The molecule has 0 amide bonds. The van der Waals surface area contributed by atoms with Crippen LogP contribution in [0.3, 0.4) is 0 Å². The lowest BCUT2D eigenvalue weighted by atomic mass is 10.3. The summed E-state index contributed by atoms with van der Waals surface area (Å²) >= 11 is 0.985. The fourth-order valence-electron chi connectivity index (χ4n) is 0.717. The molecule has 13 heavy (non-hydrogen) atoms. The zero-order valence-corrected chi connectivity index (χ0v) is 7.54. The van der Waals surface area contributed by atoms with E-state index >= 15 is 0 Å². The number of nitrogens with one attached hydrogen (secondary N) is 1. The molecule has 1 aromatic heterocycles. The molecular formula is C6H7N3O3S. The number of thiazole rings is 1. The minimum Gasteiger partial charge on any atom is -0.425 e. The zero-order chi connectivity index (χ0) is 9.84. The number of nitrogens with zero attached hydrogens (tertiary/aromatic N) is 2. The van der Waals surface area contributed by atoms with E-state index in [-0.39, 0.29) is 16.2 Å². The Labute approximate surface area is 77.2 Å². The van der Waals surface area contributed by atoms with Crippen molar-refractivity contribution in [2.24, 2.45) is 5.16 Å². The Morgan fingerprint density at radius 3 is 3.00 bits per heavy atom. The number of oxime groups is 1. The van der Waals surface area contributed by atoms with E-state index in [2.05, 4.69) is 9.99 Å². The maximum Gasteiger partial charge on any atom is 0.216 e. The molecular weight excluding hydrogens is 194 g/mol. The molecule has 0 saturated heterocycles. The fraction of sp³-hybridized carbons (Fsp3) is 0.167. The van der Waals surface area contributed by atoms with Crippen LogP contribution in [-0.2, 0) is 9.63 Å². The van der Waals surface area contributed by atoms with Crippen molar-refractivity contribution in [3.63, 3.8) is 0 Å². The second kappa shape index (κ2) is 3.85. The molecule has 0 bridgehead atoms. The molecule has 1 aromatic rings. The van der Waals surface area contributed by atoms with Gasteiger partial charge in [-0.05, 0) is 0 Å². The summed E-state index contributed by atoms with van der Waals surface area (Å²) in [6.07, 6.45) is 0.442. The van der Waals surface area contributed by atoms with Crippen LogP contribution in [0.15, 0.2) is 10.5 Å². The van der Waals surface area contributed by atoms with Crippen molar-refractivity contribution >= 4 is 23.3 Å². The number of carbonyl (C=O) groups is 1. The zero-order valence-electron chi connectivity index (χ0n) is 6.72. The Kier molecular flexibility index (Phi) is 2.80. The highest BCUT2D eigenvalue weighted by Gasteiger charge is 2.10. The summed E-state index contributed by atoms with van der Waals surface area (Å²) in [5.41, 5.74) is 0.0894. The van der Waals surface area contributed by atoms with Crippen LogP contribution < -0.4 is 4.80 Å². The summed E-state index contributed by atoms with van der Waals surface area (Å²) in [4.78, 5) is 14.8. The molecule has 0 atom stereocenters. The summed E-state index contributed by atoms with van der Waals surface area (Å²) in [6.45, 7) is 0. The maximum atomic E-state index is 10.5. The number of carbonyl (C=O) groups excluding carboxylic acids is 1. The predicted molar refractivity (Wildman–Crippen MR) is 45.0 cm³/mol. The van der Waals surface area contributed by atoms with Gasteiger partial charge in [-0.2, -0.15) is 4.73 Å². The number of aldehydes is 1. The van der Waals surface area contributed by atoms with Crippen molar-refractivity contribution in [3.05, 3.63) is 15.9 Å². The second-order valence-corrected chi connectivity index (χ2v) is 2.87. The summed E-state index contributed by atoms with van der Waals surface area (Å²) in [5, 5.41) is 21.2. The number of aromatic nitrogens is 1. The van der Waals surface area contributed by atoms with Gasteiger partial charge >= 0.3 is 0 Å². The second-order valence-electron chi connectivity index (χ2n) is 2.01. The smallest absolute Gasteiger partial charge is 0.216 e. The molecule has 1 rings (SSSR count). The Hall–Kier alpha value is -1.63. The largest absolute Gasteiger partial charge is 0.425 e. The van der Waals surface area contributed by atoms with Gasteiger partial charge in [0.15, 0.2) is 12.0 Å². The molecule has 0 aliphatic rings. The Bertz CT molecular complexity index is 392. The predicted octanol–water partition coefficient (Wildman–Crippen LogP) is -0.184. The third kappa shape index (κ3) is 1.75. The molecule has 6 nitrogen and oxygen atoms in total. The van der Waals surface area contributed by atoms with Crippen molar-refractivity contribution in [2.75, 3.05) is 7.11 Å². The van der Waals surface area contributed by atoms with Crippen molar-refractivity contribution in [1.29, 1.82) is 5.41 Å². The first-order valence-electron chi connectivity index (χ1n) is 3.21. The molecule has 0 fully saturated rings. The first-order chi connectivity index (χ1) is 6.20. The third-order valence-electron chi connectivity index (χ3n) is 1.27. The minimum absolute atomic E-state index is 0.0558. The quantitative estimate of drug-likeness (QED) is 0.307. The lowest BCUT2D eigenvalue weighted by Gasteiger charge is -1.96. The average Bonchev–Trinajstić information content (AvgIpc) is 2.45.